The Balaban J connectivity index is 1.68. The fraction of sp³-hybridized carbons (Fsp3) is 0.267. The molecule has 22 heavy (non-hydrogen) atoms. The largest absolute Gasteiger partial charge is 0.329 e. The summed E-state index contributed by atoms with van der Waals surface area (Å²) in [6.07, 6.45) is 0. The summed E-state index contributed by atoms with van der Waals surface area (Å²) in [6.45, 7) is 3.78. The lowest BCUT2D eigenvalue weighted by atomic mass is 10.2. The number of benzene rings is 1. The summed E-state index contributed by atoms with van der Waals surface area (Å²) in [5, 5.41) is 9.69. The Hall–Kier alpha value is -1.92. The minimum Gasteiger partial charge on any atom is -0.329 e. The first-order chi connectivity index (χ1) is 10.6. The first-order valence-corrected chi connectivity index (χ1v) is 8.19. The second-order valence-electron chi connectivity index (χ2n) is 5.28. The Morgan fingerprint density at radius 2 is 2.09 bits per heavy atom. The van der Waals surface area contributed by atoms with E-state index in [9.17, 15) is 4.79 Å². The highest BCUT2D eigenvalue weighted by Gasteiger charge is 2.27. The predicted octanol–water partition coefficient (Wildman–Crippen LogP) is 3.11. The van der Waals surface area contributed by atoms with E-state index in [1.54, 1.807) is 4.90 Å². The van der Waals surface area contributed by atoms with Crippen LogP contribution in [0.2, 0.25) is 5.02 Å². The van der Waals surface area contributed by atoms with Crippen LogP contribution in [0.25, 0.3) is 10.1 Å². The van der Waals surface area contributed by atoms with Crippen molar-refractivity contribution in [3.63, 3.8) is 0 Å². The SMILES string of the molecule is Cc1nnc2n1CCN(C(=O)c1sc3ccccc3c1Cl)C2. The van der Waals surface area contributed by atoms with E-state index in [0.717, 1.165) is 28.3 Å². The van der Waals surface area contributed by atoms with Crippen LogP contribution < -0.4 is 0 Å². The third-order valence-electron chi connectivity index (χ3n) is 3.95. The molecule has 0 bridgehead atoms. The van der Waals surface area contributed by atoms with Gasteiger partial charge in [0.25, 0.3) is 5.91 Å². The fourth-order valence-corrected chi connectivity index (χ4v) is 4.25. The van der Waals surface area contributed by atoms with E-state index >= 15 is 0 Å². The van der Waals surface area contributed by atoms with Crippen LogP contribution >= 0.6 is 22.9 Å². The Kier molecular flexibility index (Phi) is 3.16. The van der Waals surface area contributed by atoms with Crippen molar-refractivity contribution in [3.05, 3.63) is 45.8 Å². The maximum Gasteiger partial charge on any atom is 0.265 e. The molecule has 1 aromatic carbocycles. The summed E-state index contributed by atoms with van der Waals surface area (Å²) in [6, 6.07) is 7.82. The zero-order chi connectivity index (χ0) is 15.3. The van der Waals surface area contributed by atoms with Crippen molar-refractivity contribution >= 4 is 38.9 Å². The van der Waals surface area contributed by atoms with Gasteiger partial charge in [0, 0.05) is 23.2 Å². The maximum absolute atomic E-state index is 12.8. The number of amides is 1. The quantitative estimate of drug-likeness (QED) is 0.688. The van der Waals surface area contributed by atoms with Gasteiger partial charge in [-0.1, -0.05) is 29.8 Å². The van der Waals surface area contributed by atoms with Crippen LogP contribution in [0, 0.1) is 6.92 Å². The number of halogens is 1. The minimum atomic E-state index is -0.0295. The van der Waals surface area contributed by atoms with E-state index in [1.807, 2.05) is 31.2 Å². The standard InChI is InChI=1S/C15H13ClN4OS/c1-9-17-18-12-8-19(6-7-20(9)12)15(21)14-13(16)10-4-2-3-5-11(10)22-14/h2-5H,6-8H2,1H3. The van der Waals surface area contributed by atoms with Crippen LogP contribution in [0.4, 0.5) is 0 Å². The number of aromatic nitrogens is 3. The van der Waals surface area contributed by atoms with Crippen LogP contribution in [0.3, 0.4) is 0 Å². The summed E-state index contributed by atoms with van der Waals surface area (Å²) < 4.78 is 3.09. The lowest BCUT2D eigenvalue weighted by Gasteiger charge is -2.27. The highest BCUT2D eigenvalue weighted by Crippen LogP contribution is 2.36. The van der Waals surface area contributed by atoms with Crippen LogP contribution in [-0.4, -0.2) is 32.1 Å². The second kappa shape index (κ2) is 5.07. The molecule has 0 fully saturated rings. The molecule has 0 atom stereocenters. The molecular weight excluding hydrogens is 320 g/mol. The lowest BCUT2D eigenvalue weighted by Crippen LogP contribution is -2.38. The Labute approximate surface area is 136 Å². The molecule has 0 aliphatic carbocycles. The average Bonchev–Trinajstić information content (AvgIpc) is 3.08. The zero-order valence-corrected chi connectivity index (χ0v) is 13.5. The van der Waals surface area contributed by atoms with Gasteiger partial charge in [-0.2, -0.15) is 0 Å². The summed E-state index contributed by atoms with van der Waals surface area (Å²) in [5.74, 6) is 1.69. The first-order valence-electron chi connectivity index (χ1n) is 7.00. The Bertz CT molecular complexity index is 885. The highest BCUT2D eigenvalue weighted by molar-refractivity contribution is 7.21. The van der Waals surface area contributed by atoms with Gasteiger partial charge in [-0.3, -0.25) is 4.79 Å². The molecule has 112 valence electrons. The van der Waals surface area contributed by atoms with Gasteiger partial charge in [0.15, 0.2) is 5.82 Å². The van der Waals surface area contributed by atoms with Crippen molar-refractivity contribution in [2.45, 2.75) is 20.0 Å². The van der Waals surface area contributed by atoms with Crippen molar-refractivity contribution in [1.29, 1.82) is 0 Å². The minimum absolute atomic E-state index is 0.0295. The number of rotatable bonds is 1. The smallest absolute Gasteiger partial charge is 0.265 e. The van der Waals surface area contributed by atoms with Gasteiger partial charge < -0.3 is 9.47 Å². The Morgan fingerprint density at radius 3 is 2.91 bits per heavy atom. The number of carbonyl (C=O) groups excluding carboxylic acids is 1. The number of hydrogen-bond acceptors (Lipinski definition) is 4. The molecule has 0 saturated carbocycles. The molecule has 3 aromatic rings. The van der Waals surface area contributed by atoms with E-state index in [2.05, 4.69) is 14.8 Å². The number of nitrogens with zero attached hydrogens (tertiary/aromatic N) is 4. The topological polar surface area (TPSA) is 51.0 Å². The number of fused-ring (bicyclic) bond motifs is 2. The van der Waals surface area contributed by atoms with Gasteiger partial charge in [-0.15, -0.1) is 21.5 Å². The van der Waals surface area contributed by atoms with Crippen molar-refractivity contribution in [1.82, 2.24) is 19.7 Å². The molecule has 2 aromatic heterocycles. The van der Waals surface area contributed by atoms with Crippen molar-refractivity contribution < 1.29 is 4.79 Å². The van der Waals surface area contributed by atoms with Gasteiger partial charge >= 0.3 is 0 Å². The van der Waals surface area contributed by atoms with Gasteiger partial charge in [0.2, 0.25) is 0 Å². The summed E-state index contributed by atoms with van der Waals surface area (Å²) in [4.78, 5) is 15.2. The normalized spacial score (nSPS) is 14.4. The Morgan fingerprint density at radius 1 is 1.27 bits per heavy atom. The summed E-state index contributed by atoms with van der Waals surface area (Å²) in [5.41, 5.74) is 0. The summed E-state index contributed by atoms with van der Waals surface area (Å²) in [7, 11) is 0. The molecule has 5 nitrogen and oxygen atoms in total. The molecule has 0 saturated heterocycles. The second-order valence-corrected chi connectivity index (χ2v) is 6.71. The molecule has 3 heterocycles. The molecule has 0 spiro atoms. The highest BCUT2D eigenvalue weighted by atomic mass is 35.5. The average molecular weight is 333 g/mol. The van der Waals surface area contributed by atoms with Gasteiger partial charge in [-0.05, 0) is 13.0 Å². The van der Waals surface area contributed by atoms with Crippen LogP contribution in [-0.2, 0) is 13.1 Å². The molecule has 4 rings (SSSR count). The number of carbonyl (C=O) groups is 1. The van der Waals surface area contributed by atoms with E-state index in [1.165, 1.54) is 11.3 Å². The van der Waals surface area contributed by atoms with Crippen LogP contribution in [0.5, 0.6) is 0 Å². The van der Waals surface area contributed by atoms with E-state index in [-0.39, 0.29) is 5.91 Å². The molecule has 1 aliphatic rings. The number of aryl methyl sites for hydroxylation is 1. The van der Waals surface area contributed by atoms with Gasteiger partial charge in [-0.25, -0.2) is 0 Å². The van der Waals surface area contributed by atoms with E-state index in [0.29, 0.717) is 23.0 Å². The first kappa shape index (κ1) is 13.7. The molecule has 0 radical (unpaired) electrons. The molecule has 1 amide bonds. The van der Waals surface area contributed by atoms with Crippen molar-refractivity contribution in [2.24, 2.45) is 0 Å². The third-order valence-corrected chi connectivity index (χ3v) is 5.62. The van der Waals surface area contributed by atoms with Crippen molar-refractivity contribution in [2.75, 3.05) is 6.54 Å². The van der Waals surface area contributed by atoms with E-state index < -0.39 is 0 Å². The van der Waals surface area contributed by atoms with Crippen LogP contribution in [0.1, 0.15) is 21.3 Å². The van der Waals surface area contributed by atoms with Crippen molar-refractivity contribution in [3.8, 4) is 0 Å². The monoisotopic (exact) mass is 332 g/mol. The zero-order valence-electron chi connectivity index (χ0n) is 11.9. The van der Waals surface area contributed by atoms with Crippen LogP contribution in [0.15, 0.2) is 24.3 Å². The molecule has 1 aliphatic heterocycles. The molecule has 7 heteroatoms. The predicted molar refractivity (Wildman–Crippen MR) is 86.3 cm³/mol. The molecule has 0 unspecified atom stereocenters. The number of hydrogen-bond donors (Lipinski definition) is 0. The van der Waals surface area contributed by atoms with E-state index in [4.69, 9.17) is 11.6 Å². The maximum atomic E-state index is 12.8. The van der Waals surface area contributed by atoms with Gasteiger partial charge in [0.1, 0.15) is 10.7 Å². The summed E-state index contributed by atoms with van der Waals surface area (Å²) >= 11 is 7.85. The fourth-order valence-electron chi connectivity index (χ4n) is 2.77. The number of thiophene rings is 1. The molecule has 0 N–H and O–H groups in total. The lowest BCUT2D eigenvalue weighted by molar-refractivity contribution is 0.0712. The molecular formula is C15H13ClN4OS. The van der Waals surface area contributed by atoms with Gasteiger partial charge in [0.05, 0.1) is 11.6 Å². The third kappa shape index (κ3) is 2.02.